The van der Waals surface area contributed by atoms with Crippen molar-refractivity contribution in [3.05, 3.63) is 45.0 Å². The van der Waals surface area contributed by atoms with E-state index in [0.717, 1.165) is 5.76 Å². The second-order valence-corrected chi connectivity index (χ2v) is 6.26. The zero-order chi connectivity index (χ0) is 11.5. The highest BCUT2D eigenvalue weighted by atomic mass is 79.9. The quantitative estimate of drug-likeness (QED) is 0.898. The Hall–Kier alpha value is -0.580. The molecule has 0 bridgehead atoms. The highest BCUT2D eigenvalue weighted by Crippen LogP contribution is 2.28. The highest BCUT2D eigenvalue weighted by molar-refractivity contribution is 9.11. The van der Waals surface area contributed by atoms with Crippen molar-refractivity contribution >= 4 is 27.3 Å². The molecule has 16 heavy (non-hydrogen) atoms. The van der Waals surface area contributed by atoms with Crippen LogP contribution in [-0.4, -0.2) is 0 Å². The Morgan fingerprint density at radius 1 is 1.25 bits per heavy atom. The summed E-state index contributed by atoms with van der Waals surface area (Å²) in [6, 6.07) is 8.69. The Bertz CT molecular complexity index is 438. The highest BCUT2D eigenvalue weighted by Gasteiger charge is 2.14. The molecule has 0 fully saturated rings. The zero-order valence-corrected chi connectivity index (χ0v) is 11.6. The predicted octanol–water partition coefficient (Wildman–Crippen LogP) is 4.52. The third-order valence-electron chi connectivity index (χ3n) is 2.49. The van der Waals surface area contributed by atoms with E-state index in [1.54, 1.807) is 17.6 Å². The van der Waals surface area contributed by atoms with Gasteiger partial charge in [0.25, 0.3) is 0 Å². The van der Waals surface area contributed by atoms with Crippen LogP contribution in [0.3, 0.4) is 0 Å². The monoisotopic (exact) mass is 299 g/mol. The summed E-state index contributed by atoms with van der Waals surface area (Å²) < 4.78 is 6.54. The van der Waals surface area contributed by atoms with E-state index in [-0.39, 0.29) is 6.04 Å². The van der Waals surface area contributed by atoms with Gasteiger partial charge in [-0.3, -0.25) is 0 Å². The lowest BCUT2D eigenvalue weighted by Gasteiger charge is -2.17. The average molecular weight is 300 g/mol. The maximum atomic E-state index is 5.37. The minimum absolute atomic E-state index is 0.228. The van der Waals surface area contributed by atoms with Gasteiger partial charge in [0.15, 0.2) is 0 Å². The third-order valence-corrected chi connectivity index (χ3v) is 4.30. The van der Waals surface area contributed by atoms with E-state index < -0.39 is 0 Å². The Morgan fingerprint density at radius 2 is 2.06 bits per heavy atom. The first kappa shape index (κ1) is 11.9. The maximum Gasteiger partial charge on any atom is 0.120 e. The summed E-state index contributed by atoms with van der Waals surface area (Å²) in [7, 11) is 0. The number of hydrogen-bond acceptors (Lipinski definition) is 3. The molecule has 1 unspecified atom stereocenters. The summed E-state index contributed by atoms with van der Waals surface area (Å²) in [5, 5.41) is 3.51. The Kier molecular flexibility index (Phi) is 3.84. The first-order valence-corrected chi connectivity index (χ1v) is 6.82. The normalized spacial score (nSPS) is 14.9. The molecule has 0 amide bonds. The standard InChI is InChI=1S/C12H14BrNOS/c1-8(10-4-3-7-15-10)14-9(2)11-5-6-12(13)16-11/h3-9,14H,1-2H3/t8-,9?/m0/s1. The smallest absolute Gasteiger partial charge is 0.120 e. The molecule has 0 aliphatic heterocycles. The van der Waals surface area contributed by atoms with Gasteiger partial charge >= 0.3 is 0 Å². The van der Waals surface area contributed by atoms with Crippen molar-refractivity contribution in [2.45, 2.75) is 25.9 Å². The van der Waals surface area contributed by atoms with Crippen LogP contribution in [0.1, 0.15) is 36.6 Å². The van der Waals surface area contributed by atoms with E-state index >= 15 is 0 Å². The van der Waals surface area contributed by atoms with Crippen molar-refractivity contribution in [1.29, 1.82) is 0 Å². The molecule has 2 atom stereocenters. The molecule has 2 rings (SSSR count). The van der Waals surface area contributed by atoms with Crippen molar-refractivity contribution in [2.24, 2.45) is 0 Å². The second-order valence-electron chi connectivity index (χ2n) is 3.77. The molecule has 2 aromatic heterocycles. The molecule has 2 nitrogen and oxygen atoms in total. The fraction of sp³-hybridized carbons (Fsp3) is 0.333. The van der Waals surface area contributed by atoms with Crippen LogP contribution < -0.4 is 5.32 Å². The van der Waals surface area contributed by atoms with Gasteiger partial charge in [-0.25, -0.2) is 0 Å². The van der Waals surface area contributed by atoms with E-state index in [1.165, 1.54) is 8.66 Å². The molecular weight excluding hydrogens is 286 g/mol. The Morgan fingerprint density at radius 3 is 2.62 bits per heavy atom. The van der Waals surface area contributed by atoms with Gasteiger partial charge in [-0.1, -0.05) is 0 Å². The molecule has 0 radical (unpaired) electrons. The van der Waals surface area contributed by atoms with Gasteiger partial charge < -0.3 is 9.73 Å². The first-order valence-electron chi connectivity index (χ1n) is 5.21. The van der Waals surface area contributed by atoms with Gasteiger partial charge in [-0.15, -0.1) is 11.3 Å². The van der Waals surface area contributed by atoms with Crippen LogP contribution >= 0.6 is 27.3 Å². The fourth-order valence-corrected chi connectivity index (χ4v) is 3.07. The van der Waals surface area contributed by atoms with E-state index in [2.05, 4.69) is 47.2 Å². The van der Waals surface area contributed by atoms with Gasteiger partial charge in [0.2, 0.25) is 0 Å². The summed E-state index contributed by atoms with van der Waals surface area (Å²) in [6.45, 7) is 4.27. The predicted molar refractivity (Wildman–Crippen MR) is 70.7 cm³/mol. The number of furan rings is 1. The molecule has 86 valence electrons. The van der Waals surface area contributed by atoms with Gasteiger partial charge in [-0.2, -0.15) is 0 Å². The Balaban J connectivity index is 2.00. The molecule has 0 aromatic carbocycles. The van der Waals surface area contributed by atoms with E-state index in [1.807, 2.05) is 12.1 Å². The van der Waals surface area contributed by atoms with Crippen LogP contribution in [0, 0.1) is 0 Å². The van der Waals surface area contributed by atoms with Crippen molar-refractivity contribution in [3.8, 4) is 0 Å². The molecule has 2 heterocycles. The van der Waals surface area contributed by atoms with Crippen LogP contribution in [0.4, 0.5) is 0 Å². The summed E-state index contributed by atoms with van der Waals surface area (Å²) in [5.74, 6) is 0.975. The molecular formula is C12H14BrNOS. The van der Waals surface area contributed by atoms with Crippen molar-refractivity contribution in [1.82, 2.24) is 5.32 Å². The lowest BCUT2D eigenvalue weighted by Crippen LogP contribution is -2.21. The minimum Gasteiger partial charge on any atom is -0.468 e. The van der Waals surface area contributed by atoms with E-state index in [0.29, 0.717) is 6.04 Å². The van der Waals surface area contributed by atoms with E-state index in [9.17, 15) is 0 Å². The van der Waals surface area contributed by atoms with Crippen molar-refractivity contribution in [3.63, 3.8) is 0 Å². The number of hydrogen-bond donors (Lipinski definition) is 1. The molecule has 0 aliphatic rings. The van der Waals surface area contributed by atoms with Gasteiger partial charge in [0.1, 0.15) is 5.76 Å². The van der Waals surface area contributed by atoms with Crippen LogP contribution in [-0.2, 0) is 0 Å². The molecule has 1 N–H and O–H groups in total. The van der Waals surface area contributed by atoms with Crippen LogP contribution in [0.15, 0.2) is 38.7 Å². The largest absolute Gasteiger partial charge is 0.468 e. The van der Waals surface area contributed by atoms with E-state index in [4.69, 9.17) is 4.42 Å². The zero-order valence-electron chi connectivity index (χ0n) is 9.24. The lowest BCUT2D eigenvalue weighted by molar-refractivity contribution is 0.405. The molecule has 0 spiro atoms. The molecule has 0 saturated heterocycles. The minimum atomic E-state index is 0.228. The van der Waals surface area contributed by atoms with Gasteiger partial charge in [-0.05, 0) is 54.0 Å². The lowest BCUT2D eigenvalue weighted by atomic mass is 10.2. The number of nitrogens with one attached hydrogen (secondary N) is 1. The topological polar surface area (TPSA) is 25.2 Å². The fourth-order valence-electron chi connectivity index (χ4n) is 1.64. The van der Waals surface area contributed by atoms with Crippen LogP contribution in [0.5, 0.6) is 0 Å². The van der Waals surface area contributed by atoms with Crippen LogP contribution in [0.2, 0.25) is 0 Å². The van der Waals surface area contributed by atoms with Gasteiger partial charge in [0.05, 0.1) is 16.1 Å². The Labute approximate surface area is 108 Å². The molecule has 0 saturated carbocycles. The van der Waals surface area contributed by atoms with Crippen molar-refractivity contribution in [2.75, 3.05) is 0 Å². The maximum absolute atomic E-state index is 5.37. The average Bonchev–Trinajstić information content (AvgIpc) is 2.87. The molecule has 4 heteroatoms. The number of thiophene rings is 1. The van der Waals surface area contributed by atoms with Crippen molar-refractivity contribution < 1.29 is 4.42 Å². The van der Waals surface area contributed by atoms with Gasteiger partial charge in [0, 0.05) is 10.9 Å². The SMILES string of the molecule is CC(N[C@@H](C)c1ccco1)c1ccc(Br)s1. The summed E-state index contributed by atoms with van der Waals surface area (Å²) in [4.78, 5) is 1.32. The summed E-state index contributed by atoms with van der Waals surface area (Å²) in [6.07, 6.45) is 1.71. The molecule has 2 aromatic rings. The summed E-state index contributed by atoms with van der Waals surface area (Å²) in [5.41, 5.74) is 0. The number of halogens is 1. The first-order chi connectivity index (χ1) is 7.66. The van der Waals surface area contributed by atoms with Crippen LogP contribution in [0.25, 0.3) is 0 Å². The summed E-state index contributed by atoms with van der Waals surface area (Å²) >= 11 is 5.24. The third kappa shape index (κ3) is 2.75. The molecule has 0 aliphatic carbocycles. The number of rotatable bonds is 4. The second kappa shape index (κ2) is 5.17.